The molecule has 3 N–H and O–H groups in total. The number of rotatable bonds is 2. The molecule has 46 valence electrons. The minimum atomic E-state index is -0.792. The average Bonchev–Trinajstić information content (AvgIpc) is 1.87. The van der Waals surface area contributed by atoms with Gasteiger partial charge in [0.1, 0.15) is 5.54 Å². The lowest BCUT2D eigenvalue weighted by Gasteiger charge is -2.16. The first-order valence-electron chi connectivity index (χ1n) is 2.56. The SMILES string of the molecule is C#CC(N)(CC)CO. The Morgan fingerprint density at radius 3 is 2.38 bits per heavy atom. The number of hydrogen-bond donors (Lipinski definition) is 2. The molecule has 0 spiro atoms. The molecular weight excluding hydrogens is 102 g/mol. The monoisotopic (exact) mass is 113 g/mol. The van der Waals surface area contributed by atoms with Crippen LogP contribution in [0.15, 0.2) is 0 Å². The summed E-state index contributed by atoms with van der Waals surface area (Å²) in [5, 5.41) is 8.52. The van der Waals surface area contributed by atoms with Crippen LogP contribution in [0.25, 0.3) is 0 Å². The highest BCUT2D eigenvalue weighted by atomic mass is 16.3. The maximum absolute atomic E-state index is 8.52. The summed E-state index contributed by atoms with van der Waals surface area (Å²) in [6, 6.07) is 0. The van der Waals surface area contributed by atoms with Gasteiger partial charge in [-0.25, -0.2) is 0 Å². The number of nitrogens with two attached hydrogens (primary N) is 1. The van der Waals surface area contributed by atoms with Crippen molar-refractivity contribution in [1.82, 2.24) is 0 Å². The van der Waals surface area contributed by atoms with Gasteiger partial charge in [0.25, 0.3) is 0 Å². The lowest BCUT2D eigenvalue weighted by molar-refractivity contribution is 0.229. The summed E-state index contributed by atoms with van der Waals surface area (Å²) < 4.78 is 0. The Hall–Kier alpha value is -0.520. The lowest BCUT2D eigenvalue weighted by Crippen LogP contribution is -2.41. The zero-order chi connectivity index (χ0) is 6.62. The average molecular weight is 113 g/mol. The van der Waals surface area contributed by atoms with E-state index in [4.69, 9.17) is 17.3 Å². The molecular formula is C6H11NO. The largest absolute Gasteiger partial charge is 0.393 e. The highest BCUT2D eigenvalue weighted by Crippen LogP contribution is 2.00. The Bertz CT molecular complexity index is 99.6. The van der Waals surface area contributed by atoms with Gasteiger partial charge in [-0.2, -0.15) is 0 Å². The van der Waals surface area contributed by atoms with Crippen molar-refractivity contribution >= 4 is 0 Å². The molecule has 0 aromatic rings. The molecule has 0 radical (unpaired) electrons. The van der Waals surface area contributed by atoms with Gasteiger partial charge in [-0.15, -0.1) is 6.42 Å². The van der Waals surface area contributed by atoms with E-state index in [1.807, 2.05) is 6.92 Å². The molecule has 1 atom stereocenters. The molecule has 0 rings (SSSR count). The minimum Gasteiger partial charge on any atom is -0.393 e. The Kier molecular flexibility index (Phi) is 2.53. The first-order chi connectivity index (χ1) is 3.68. The molecule has 0 bridgehead atoms. The van der Waals surface area contributed by atoms with Crippen molar-refractivity contribution in [2.24, 2.45) is 5.73 Å². The molecule has 1 unspecified atom stereocenters. The van der Waals surface area contributed by atoms with Crippen LogP contribution >= 0.6 is 0 Å². The fraction of sp³-hybridized carbons (Fsp3) is 0.667. The van der Waals surface area contributed by atoms with Crippen LogP contribution in [0.5, 0.6) is 0 Å². The molecule has 0 fully saturated rings. The zero-order valence-corrected chi connectivity index (χ0v) is 5.02. The molecule has 2 nitrogen and oxygen atoms in total. The van der Waals surface area contributed by atoms with Gasteiger partial charge in [0.05, 0.1) is 6.61 Å². The van der Waals surface area contributed by atoms with Crippen LogP contribution in [0.3, 0.4) is 0 Å². The van der Waals surface area contributed by atoms with Gasteiger partial charge >= 0.3 is 0 Å². The van der Waals surface area contributed by atoms with Crippen molar-refractivity contribution in [3.63, 3.8) is 0 Å². The summed E-state index contributed by atoms with van der Waals surface area (Å²) in [5.74, 6) is 2.31. The van der Waals surface area contributed by atoms with Gasteiger partial charge < -0.3 is 10.8 Å². The Labute approximate surface area is 49.7 Å². The number of aliphatic hydroxyl groups is 1. The second-order valence-corrected chi connectivity index (χ2v) is 1.81. The summed E-state index contributed by atoms with van der Waals surface area (Å²) in [6.45, 7) is 1.70. The smallest absolute Gasteiger partial charge is 0.100 e. The van der Waals surface area contributed by atoms with Crippen molar-refractivity contribution in [2.45, 2.75) is 18.9 Å². The normalized spacial score (nSPS) is 16.8. The topological polar surface area (TPSA) is 46.2 Å². The molecule has 2 heteroatoms. The Morgan fingerprint density at radius 1 is 1.88 bits per heavy atom. The van der Waals surface area contributed by atoms with Crippen molar-refractivity contribution < 1.29 is 5.11 Å². The summed E-state index contributed by atoms with van der Waals surface area (Å²) in [7, 11) is 0. The molecule has 0 aliphatic carbocycles. The number of hydrogen-bond acceptors (Lipinski definition) is 2. The fourth-order valence-corrected chi connectivity index (χ4v) is 0.260. The van der Waals surface area contributed by atoms with Crippen LogP contribution in [-0.2, 0) is 0 Å². The summed E-state index contributed by atoms with van der Waals surface area (Å²) in [5.41, 5.74) is 4.62. The van der Waals surface area contributed by atoms with Crippen LogP contribution in [-0.4, -0.2) is 17.3 Å². The maximum atomic E-state index is 8.52. The van der Waals surface area contributed by atoms with Crippen molar-refractivity contribution in [3.8, 4) is 12.3 Å². The van der Waals surface area contributed by atoms with Gasteiger partial charge in [0, 0.05) is 0 Å². The van der Waals surface area contributed by atoms with E-state index in [9.17, 15) is 0 Å². The molecule has 0 aliphatic rings. The van der Waals surface area contributed by atoms with Gasteiger partial charge in [-0.1, -0.05) is 12.8 Å². The van der Waals surface area contributed by atoms with Gasteiger partial charge in [0.15, 0.2) is 0 Å². The van der Waals surface area contributed by atoms with E-state index in [1.165, 1.54) is 0 Å². The second-order valence-electron chi connectivity index (χ2n) is 1.81. The highest BCUT2D eigenvalue weighted by molar-refractivity contribution is 5.09. The summed E-state index contributed by atoms with van der Waals surface area (Å²) >= 11 is 0. The molecule has 0 heterocycles. The standard InChI is InChI=1S/C6H11NO/c1-3-6(7,4-2)5-8/h1,8H,4-5,7H2,2H3. The number of aliphatic hydroxyl groups excluding tert-OH is 1. The van der Waals surface area contributed by atoms with Crippen LogP contribution < -0.4 is 5.73 Å². The first kappa shape index (κ1) is 7.48. The van der Waals surface area contributed by atoms with Crippen LogP contribution in [0.4, 0.5) is 0 Å². The first-order valence-corrected chi connectivity index (χ1v) is 2.56. The minimum absolute atomic E-state index is 0.139. The molecule has 0 saturated carbocycles. The summed E-state index contributed by atoms with van der Waals surface area (Å²) in [4.78, 5) is 0. The van der Waals surface area contributed by atoms with Crippen molar-refractivity contribution in [3.05, 3.63) is 0 Å². The summed E-state index contributed by atoms with van der Waals surface area (Å²) in [6.07, 6.45) is 5.60. The van der Waals surface area contributed by atoms with E-state index >= 15 is 0 Å². The molecule has 0 aromatic heterocycles. The molecule has 0 amide bonds. The number of terminal acetylenes is 1. The second kappa shape index (κ2) is 2.71. The third kappa shape index (κ3) is 1.53. The maximum Gasteiger partial charge on any atom is 0.100 e. The molecule has 8 heavy (non-hydrogen) atoms. The van der Waals surface area contributed by atoms with Crippen molar-refractivity contribution in [1.29, 1.82) is 0 Å². The Balaban J connectivity index is 3.83. The quantitative estimate of drug-likeness (QED) is 0.484. The van der Waals surface area contributed by atoms with Crippen LogP contribution in [0, 0.1) is 12.3 Å². The van der Waals surface area contributed by atoms with Crippen LogP contribution in [0.2, 0.25) is 0 Å². The van der Waals surface area contributed by atoms with E-state index < -0.39 is 5.54 Å². The van der Waals surface area contributed by atoms with Crippen LogP contribution in [0.1, 0.15) is 13.3 Å². The third-order valence-electron chi connectivity index (χ3n) is 1.20. The predicted octanol–water partition coefficient (Wildman–Crippen LogP) is -0.281. The van der Waals surface area contributed by atoms with E-state index in [0.717, 1.165) is 0 Å². The van der Waals surface area contributed by atoms with Gasteiger partial charge in [-0.3, -0.25) is 0 Å². The Morgan fingerprint density at radius 2 is 2.38 bits per heavy atom. The predicted molar refractivity (Wildman–Crippen MR) is 33.1 cm³/mol. The van der Waals surface area contributed by atoms with E-state index in [0.29, 0.717) is 6.42 Å². The lowest BCUT2D eigenvalue weighted by atomic mass is 10.0. The molecule has 0 aliphatic heterocycles. The van der Waals surface area contributed by atoms with E-state index in [-0.39, 0.29) is 6.61 Å². The fourth-order valence-electron chi connectivity index (χ4n) is 0.260. The van der Waals surface area contributed by atoms with E-state index in [1.54, 1.807) is 0 Å². The van der Waals surface area contributed by atoms with Crippen molar-refractivity contribution in [2.75, 3.05) is 6.61 Å². The highest BCUT2D eigenvalue weighted by Gasteiger charge is 2.16. The zero-order valence-electron chi connectivity index (χ0n) is 5.02. The third-order valence-corrected chi connectivity index (χ3v) is 1.20. The molecule has 0 saturated heterocycles. The van der Waals surface area contributed by atoms with Gasteiger partial charge in [-0.05, 0) is 6.42 Å². The van der Waals surface area contributed by atoms with E-state index in [2.05, 4.69) is 5.92 Å². The van der Waals surface area contributed by atoms with Gasteiger partial charge in [0.2, 0.25) is 0 Å². The molecule has 0 aromatic carbocycles.